The molecule has 0 fully saturated rings. The molecule has 0 aromatic carbocycles. The standard InChI is InChI=1S/C7H12O2/c1-3-4-5-7(2)9-6-8/h3,6-7H,1,4-5H2,2H3/t7-/m1/s1. The van der Waals surface area contributed by atoms with E-state index in [0.717, 1.165) is 12.8 Å². The molecule has 0 radical (unpaired) electrons. The van der Waals surface area contributed by atoms with E-state index in [9.17, 15) is 4.79 Å². The number of rotatable bonds is 5. The van der Waals surface area contributed by atoms with E-state index in [-0.39, 0.29) is 6.10 Å². The average molecular weight is 128 g/mol. The van der Waals surface area contributed by atoms with Gasteiger partial charge in [0.15, 0.2) is 0 Å². The molecule has 1 atom stereocenters. The number of hydrogen-bond donors (Lipinski definition) is 0. The second-order valence-electron chi connectivity index (χ2n) is 1.91. The normalized spacial score (nSPS) is 12.1. The minimum Gasteiger partial charge on any atom is -0.465 e. The van der Waals surface area contributed by atoms with Crippen molar-refractivity contribution in [2.75, 3.05) is 0 Å². The summed E-state index contributed by atoms with van der Waals surface area (Å²) in [5.41, 5.74) is 0. The topological polar surface area (TPSA) is 26.3 Å². The summed E-state index contributed by atoms with van der Waals surface area (Å²) in [6.07, 6.45) is 3.60. The Balaban J connectivity index is 3.14. The number of carbonyl (C=O) groups excluding carboxylic acids is 1. The molecule has 0 aliphatic rings. The second-order valence-corrected chi connectivity index (χ2v) is 1.91. The first-order valence-electron chi connectivity index (χ1n) is 3.01. The van der Waals surface area contributed by atoms with Crippen LogP contribution in [-0.2, 0) is 9.53 Å². The lowest BCUT2D eigenvalue weighted by Crippen LogP contribution is -2.05. The molecular weight excluding hydrogens is 116 g/mol. The van der Waals surface area contributed by atoms with Gasteiger partial charge in [-0.25, -0.2) is 0 Å². The van der Waals surface area contributed by atoms with Gasteiger partial charge in [-0.05, 0) is 19.8 Å². The molecule has 0 spiro atoms. The largest absolute Gasteiger partial charge is 0.465 e. The second kappa shape index (κ2) is 5.35. The van der Waals surface area contributed by atoms with Crippen molar-refractivity contribution in [1.29, 1.82) is 0 Å². The summed E-state index contributed by atoms with van der Waals surface area (Å²) >= 11 is 0. The highest BCUT2D eigenvalue weighted by Crippen LogP contribution is 1.99. The summed E-state index contributed by atoms with van der Waals surface area (Å²) in [6, 6.07) is 0. The summed E-state index contributed by atoms with van der Waals surface area (Å²) in [6.45, 7) is 5.89. The zero-order valence-corrected chi connectivity index (χ0v) is 5.67. The summed E-state index contributed by atoms with van der Waals surface area (Å²) < 4.78 is 4.62. The van der Waals surface area contributed by atoms with Gasteiger partial charge in [-0.15, -0.1) is 6.58 Å². The van der Waals surface area contributed by atoms with Crippen molar-refractivity contribution >= 4 is 6.47 Å². The highest BCUT2D eigenvalue weighted by atomic mass is 16.5. The number of hydrogen-bond acceptors (Lipinski definition) is 2. The van der Waals surface area contributed by atoms with Crippen LogP contribution in [0.4, 0.5) is 0 Å². The van der Waals surface area contributed by atoms with E-state index in [1.54, 1.807) is 0 Å². The van der Waals surface area contributed by atoms with Gasteiger partial charge in [0.05, 0.1) is 6.10 Å². The van der Waals surface area contributed by atoms with E-state index >= 15 is 0 Å². The van der Waals surface area contributed by atoms with Crippen LogP contribution in [0, 0.1) is 0 Å². The molecule has 0 aromatic rings. The van der Waals surface area contributed by atoms with Crippen LogP contribution in [0.5, 0.6) is 0 Å². The highest BCUT2D eigenvalue weighted by Gasteiger charge is 1.96. The Morgan fingerprint density at radius 3 is 2.89 bits per heavy atom. The molecule has 9 heavy (non-hydrogen) atoms. The third-order valence-electron chi connectivity index (χ3n) is 1.07. The zero-order chi connectivity index (χ0) is 7.11. The average Bonchev–Trinajstić information content (AvgIpc) is 1.85. The molecule has 0 saturated heterocycles. The maximum Gasteiger partial charge on any atom is 0.293 e. The van der Waals surface area contributed by atoms with Crippen LogP contribution >= 0.6 is 0 Å². The van der Waals surface area contributed by atoms with Crippen molar-refractivity contribution in [2.24, 2.45) is 0 Å². The van der Waals surface area contributed by atoms with E-state index in [2.05, 4.69) is 11.3 Å². The van der Waals surface area contributed by atoms with Gasteiger partial charge in [0.25, 0.3) is 6.47 Å². The number of ether oxygens (including phenoxy) is 1. The van der Waals surface area contributed by atoms with Crippen molar-refractivity contribution < 1.29 is 9.53 Å². The van der Waals surface area contributed by atoms with Crippen molar-refractivity contribution in [2.45, 2.75) is 25.9 Å². The SMILES string of the molecule is C=CCC[C@@H](C)OC=O. The molecule has 0 unspecified atom stereocenters. The Morgan fingerprint density at radius 1 is 1.78 bits per heavy atom. The monoisotopic (exact) mass is 128 g/mol. The lowest BCUT2D eigenvalue weighted by molar-refractivity contribution is -0.132. The van der Waals surface area contributed by atoms with Gasteiger partial charge >= 0.3 is 0 Å². The first-order valence-corrected chi connectivity index (χ1v) is 3.01. The minimum absolute atomic E-state index is 0.0282. The predicted molar refractivity (Wildman–Crippen MR) is 36.0 cm³/mol. The molecule has 0 rings (SSSR count). The fourth-order valence-corrected chi connectivity index (χ4v) is 0.515. The Kier molecular flexibility index (Phi) is 4.88. The van der Waals surface area contributed by atoms with Gasteiger partial charge in [-0.3, -0.25) is 4.79 Å². The Morgan fingerprint density at radius 2 is 2.44 bits per heavy atom. The van der Waals surface area contributed by atoms with E-state index in [4.69, 9.17) is 0 Å². The molecule has 0 N–H and O–H groups in total. The van der Waals surface area contributed by atoms with Gasteiger partial charge in [0.2, 0.25) is 0 Å². The minimum atomic E-state index is 0.0282. The Hall–Kier alpha value is -0.790. The lowest BCUT2D eigenvalue weighted by Gasteiger charge is -2.05. The van der Waals surface area contributed by atoms with Crippen LogP contribution in [0.2, 0.25) is 0 Å². The molecule has 2 nitrogen and oxygen atoms in total. The maximum atomic E-state index is 9.73. The van der Waals surface area contributed by atoms with E-state index < -0.39 is 0 Å². The number of carbonyl (C=O) groups is 1. The van der Waals surface area contributed by atoms with Crippen molar-refractivity contribution in [3.8, 4) is 0 Å². The molecule has 0 aliphatic carbocycles. The molecule has 52 valence electrons. The van der Waals surface area contributed by atoms with Crippen LogP contribution in [0.25, 0.3) is 0 Å². The molecular formula is C7H12O2. The van der Waals surface area contributed by atoms with Crippen LogP contribution in [-0.4, -0.2) is 12.6 Å². The summed E-state index contributed by atoms with van der Waals surface area (Å²) in [5, 5.41) is 0. The first-order chi connectivity index (χ1) is 4.31. The van der Waals surface area contributed by atoms with Gasteiger partial charge in [-0.2, -0.15) is 0 Å². The number of allylic oxidation sites excluding steroid dienone is 1. The lowest BCUT2D eigenvalue weighted by atomic mass is 10.2. The smallest absolute Gasteiger partial charge is 0.293 e. The first kappa shape index (κ1) is 8.21. The van der Waals surface area contributed by atoms with E-state index in [1.165, 1.54) is 0 Å². The van der Waals surface area contributed by atoms with Crippen LogP contribution in [0.3, 0.4) is 0 Å². The fraction of sp³-hybridized carbons (Fsp3) is 0.571. The molecule has 0 bridgehead atoms. The van der Waals surface area contributed by atoms with E-state index in [1.807, 2.05) is 13.0 Å². The molecule has 0 amide bonds. The summed E-state index contributed by atoms with van der Waals surface area (Å²) in [4.78, 5) is 9.73. The predicted octanol–water partition coefficient (Wildman–Crippen LogP) is 1.51. The Bertz CT molecular complexity index is 88.9. The third-order valence-corrected chi connectivity index (χ3v) is 1.07. The van der Waals surface area contributed by atoms with Crippen molar-refractivity contribution in [3.63, 3.8) is 0 Å². The summed E-state index contributed by atoms with van der Waals surface area (Å²) in [5.74, 6) is 0. The molecule has 0 heterocycles. The fourth-order valence-electron chi connectivity index (χ4n) is 0.515. The Labute approximate surface area is 55.5 Å². The van der Waals surface area contributed by atoms with Crippen molar-refractivity contribution in [3.05, 3.63) is 12.7 Å². The third kappa shape index (κ3) is 5.07. The van der Waals surface area contributed by atoms with Gasteiger partial charge in [0.1, 0.15) is 0 Å². The molecule has 0 aliphatic heterocycles. The van der Waals surface area contributed by atoms with Crippen LogP contribution < -0.4 is 0 Å². The van der Waals surface area contributed by atoms with Crippen LogP contribution in [0.1, 0.15) is 19.8 Å². The highest BCUT2D eigenvalue weighted by molar-refractivity contribution is 5.37. The molecule has 2 heteroatoms. The summed E-state index contributed by atoms with van der Waals surface area (Å²) in [7, 11) is 0. The molecule has 0 aromatic heterocycles. The van der Waals surface area contributed by atoms with Crippen molar-refractivity contribution in [1.82, 2.24) is 0 Å². The van der Waals surface area contributed by atoms with Gasteiger partial charge in [-0.1, -0.05) is 6.08 Å². The maximum absolute atomic E-state index is 9.73. The quantitative estimate of drug-likeness (QED) is 0.414. The van der Waals surface area contributed by atoms with Gasteiger partial charge in [0, 0.05) is 0 Å². The molecule has 0 saturated carbocycles. The zero-order valence-electron chi connectivity index (χ0n) is 5.67. The van der Waals surface area contributed by atoms with Gasteiger partial charge < -0.3 is 4.74 Å². The van der Waals surface area contributed by atoms with E-state index in [0.29, 0.717) is 6.47 Å². The van der Waals surface area contributed by atoms with Crippen LogP contribution in [0.15, 0.2) is 12.7 Å².